The zero-order valence-electron chi connectivity index (χ0n) is 10.3. The van der Waals surface area contributed by atoms with E-state index < -0.39 is 0 Å². The summed E-state index contributed by atoms with van der Waals surface area (Å²) < 4.78 is 11.2. The summed E-state index contributed by atoms with van der Waals surface area (Å²) in [5.41, 5.74) is 0.820. The fraction of sp³-hybridized carbons (Fsp3) is 0.167. The van der Waals surface area contributed by atoms with Gasteiger partial charge < -0.3 is 14.8 Å². The second-order valence-corrected chi connectivity index (χ2v) is 4.73. The van der Waals surface area contributed by atoms with Gasteiger partial charge in [0.2, 0.25) is 0 Å². The molecule has 0 saturated heterocycles. The highest BCUT2D eigenvalue weighted by Gasteiger charge is 2.11. The van der Waals surface area contributed by atoms with Gasteiger partial charge >= 0.3 is 0 Å². The van der Waals surface area contributed by atoms with Crippen LogP contribution in [0, 0.1) is 0 Å². The van der Waals surface area contributed by atoms with E-state index in [0.29, 0.717) is 11.6 Å². The van der Waals surface area contributed by atoms with E-state index in [-0.39, 0.29) is 5.15 Å². The molecule has 1 aromatic carbocycles. The fourth-order valence-corrected chi connectivity index (χ4v) is 2.25. The highest BCUT2D eigenvalue weighted by Crippen LogP contribution is 2.33. The Hall–Kier alpha value is -1.53. The lowest BCUT2D eigenvalue weighted by Gasteiger charge is -2.11. The molecule has 5 nitrogen and oxygen atoms in total. The number of rotatable bonds is 4. The molecule has 1 heterocycles. The topological polar surface area (TPSA) is 56.3 Å². The summed E-state index contributed by atoms with van der Waals surface area (Å²) in [6.07, 6.45) is 1.37. The van der Waals surface area contributed by atoms with Gasteiger partial charge in [-0.05, 0) is 34.1 Å². The van der Waals surface area contributed by atoms with Crippen LogP contribution in [0.5, 0.6) is 11.5 Å². The molecule has 1 aromatic heterocycles. The summed E-state index contributed by atoms with van der Waals surface area (Å²) in [6, 6.07) is 5.56. The van der Waals surface area contributed by atoms with Crippen LogP contribution in [0.15, 0.2) is 29.0 Å². The molecule has 0 atom stereocenters. The average molecular weight is 345 g/mol. The minimum absolute atomic E-state index is 0.257. The van der Waals surface area contributed by atoms with Crippen LogP contribution in [-0.4, -0.2) is 24.2 Å². The first-order valence-electron chi connectivity index (χ1n) is 5.30. The SMILES string of the molecule is COc1ccc(Nc2ncnc(Cl)c2OC)cc1Br. The van der Waals surface area contributed by atoms with Crippen molar-refractivity contribution in [2.24, 2.45) is 0 Å². The number of anilines is 2. The molecular weight excluding hydrogens is 334 g/mol. The van der Waals surface area contributed by atoms with Crippen molar-refractivity contribution < 1.29 is 9.47 Å². The van der Waals surface area contributed by atoms with E-state index in [4.69, 9.17) is 21.1 Å². The van der Waals surface area contributed by atoms with Gasteiger partial charge in [0.25, 0.3) is 0 Å². The third kappa shape index (κ3) is 3.08. The van der Waals surface area contributed by atoms with Crippen molar-refractivity contribution in [1.29, 1.82) is 0 Å². The van der Waals surface area contributed by atoms with Gasteiger partial charge in [0.15, 0.2) is 16.7 Å². The Labute approximate surface area is 124 Å². The van der Waals surface area contributed by atoms with Crippen molar-refractivity contribution in [3.05, 3.63) is 34.2 Å². The molecule has 0 unspecified atom stereocenters. The van der Waals surface area contributed by atoms with Gasteiger partial charge in [0.05, 0.1) is 18.7 Å². The predicted octanol–water partition coefficient (Wildman–Crippen LogP) is 3.65. The molecule has 0 bridgehead atoms. The molecular formula is C12H11BrClN3O2. The first-order chi connectivity index (χ1) is 9.15. The minimum Gasteiger partial charge on any atom is -0.496 e. The maximum Gasteiger partial charge on any atom is 0.199 e. The Morgan fingerprint density at radius 2 is 2.00 bits per heavy atom. The molecule has 0 amide bonds. The van der Waals surface area contributed by atoms with Crippen LogP contribution in [0.3, 0.4) is 0 Å². The van der Waals surface area contributed by atoms with Gasteiger partial charge in [-0.1, -0.05) is 11.6 Å². The second kappa shape index (κ2) is 6.08. The minimum atomic E-state index is 0.257. The number of aromatic nitrogens is 2. The molecule has 0 saturated carbocycles. The van der Waals surface area contributed by atoms with Gasteiger partial charge in [0, 0.05) is 5.69 Å². The summed E-state index contributed by atoms with van der Waals surface area (Å²) in [5, 5.41) is 3.37. The van der Waals surface area contributed by atoms with E-state index in [1.165, 1.54) is 13.4 Å². The first kappa shape index (κ1) is 13.9. The highest BCUT2D eigenvalue weighted by atomic mass is 79.9. The van der Waals surface area contributed by atoms with E-state index >= 15 is 0 Å². The zero-order valence-corrected chi connectivity index (χ0v) is 12.6. The molecule has 0 aliphatic rings. The third-order valence-corrected chi connectivity index (χ3v) is 3.27. The normalized spacial score (nSPS) is 10.1. The molecule has 19 heavy (non-hydrogen) atoms. The van der Waals surface area contributed by atoms with Crippen molar-refractivity contribution >= 4 is 39.0 Å². The smallest absolute Gasteiger partial charge is 0.199 e. The van der Waals surface area contributed by atoms with E-state index in [2.05, 4.69) is 31.2 Å². The Morgan fingerprint density at radius 1 is 1.21 bits per heavy atom. The maximum atomic E-state index is 5.93. The van der Waals surface area contributed by atoms with Crippen molar-refractivity contribution in [3.63, 3.8) is 0 Å². The van der Waals surface area contributed by atoms with Crippen LogP contribution in [0.1, 0.15) is 0 Å². The van der Waals surface area contributed by atoms with Crippen molar-refractivity contribution in [3.8, 4) is 11.5 Å². The summed E-state index contributed by atoms with van der Waals surface area (Å²) in [5.74, 6) is 1.65. The number of benzene rings is 1. The first-order valence-corrected chi connectivity index (χ1v) is 6.48. The molecule has 0 aliphatic carbocycles. The Morgan fingerprint density at radius 3 is 2.63 bits per heavy atom. The number of hydrogen-bond acceptors (Lipinski definition) is 5. The predicted molar refractivity (Wildman–Crippen MR) is 77.6 cm³/mol. The van der Waals surface area contributed by atoms with Crippen LogP contribution >= 0.6 is 27.5 Å². The number of methoxy groups -OCH3 is 2. The lowest BCUT2D eigenvalue weighted by atomic mass is 10.3. The zero-order chi connectivity index (χ0) is 13.8. The van der Waals surface area contributed by atoms with Crippen molar-refractivity contribution in [1.82, 2.24) is 9.97 Å². The van der Waals surface area contributed by atoms with Gasteiger partial charge in [-0.3, -0.25) is 0 Å². The van der Waals surface area contributed by atoms with Gasteiger partial charge in [-0.15, -0.1) is 0 Å². The van der Waals surface area contributed by atoms with Crippen LogP contribution in [0.25, 0.3) is 0 Å². The molecule has 0 spiro atoms. The summed E-state index contributed by atoms with van der Waals surface area (Å²) >= 11 is 9.34. The van der Waals surface area contributed by atoms with Crippen molar-refractivity contribution in [2.75, 3.05) is 19.5 Å². The summed E-state index contributed by atoms with van der Waals surface area (Å²) in [6.45, 7) is 0. The molecule has 2 rings (SSSR count). The molecule has 0 aliphatic heterocycles. The van der Waals surface area contributed by atoms with Crippen LogP contribution in [0.4, 0.5) is 11.5 Å². The summed E-state index contributed by atoms with van der Waals surface area (Å²) in [7, 11) is 3.13. The van der Waals surface area contributed by atoms with Gasteiger partial charge in [-0.2, -0.15) is 0 Å². The van der Waals surface area contributed by atoms with E-state index in [0.717, 1.165) is 15.9 Å². The van der Waals surface area contributed by atoms with Gasteiger partial charge in [-0.25, -0.2) is 9.97 Å². The highest BCUT2D eigenvalue weighted by molar-refractivity contribution is 9.10. The second-order valence-electron chi connectivity index (χ2n) is 3.52. The Kier molecular flexibility index (Phi) is 4.44. The van der Waals surface area contributed by atoms with Gasteiger partial charge in [0.1, 0.15) is 12.1 Å². The molecule has 0 fully saturated rings. The molecule has 2 aromatic rings. The average Bonchev–Trinajstić information content (AvgIpc) is 2.39. The Bertz CT molecular complexity index is 595. The van der Waals surface area contributed by atoms with E-state index in [9.17, 15) is 0 Å². The largest absolute Gasteiger partial charge is 0.496 e. The number of ether oxygens (including phenoxy) is 2. The van der Waals surface area contributed by atoms with Crippen LogP contribution in [-0.2, 0) is 0 Å². The molecule has 1 N–H and O–H groups in total. The molecule has 100 valence electrons. The number of hydrogen-bond donors (Lipinski definition) is 1. The fourth-order valence-electron chi connectivity index (χ4n) is 1.50. The number of halogens is 2. The molecule has 7 heteroatoms. The molecule has 0 radical (unpaired) electrons. The number of nitrogens with one attached hydrogen (secondary N) is 1. The van der Waals surface area contributed by atoms with Crippen LogP contribution < -0.4 is 14.8 Å². The monoisotopic (exact) mass is 343 g/mol. The lowest BCUT2D eigenvalue weighted by Crippen LogP contribution is -1.99. The van der Waals surface area contributed by atoms with E-state index in [1.807, 2.05) is 18.2 Å². The number of nitrogens with zero attached hydrogens (tertiary/aromatic N) is 2. The summed E-state index contributed by atoms with van der Waals surface area (Å²) in [4.78, 5) is 7.96. The van der Waals surface area contributed by atoms with E-state index in [1.54, 1.807) is 7.11 Å². The standard InChI is InChI=1S/C12H11BrClN3O2/c1-18-9-4-3-7(5-8(9)13)17-12-10(19-2)11(14)15-6-16-12/h3-6H,1-2H3,(H,15,16,17). The van der Waals surface area contributed by atoms with Crippen LogP contribution in [0.2, 0.25) is 5.15 Å². The lowest BCUT2D eigenvalue weighted by molar-refractivity contribution is 0.412. The Balaban J connectivity index is 2.31. The quantitative estimate of drug-likeness (QED) is 0.858. The third-order valence-electron chi connectivity index (χ3n) is 2.38. The van der Waals surface area contributed by atoms with Crippen molar-refractivity contribution in [2.45, 2.75) is 0 Å². The maximum absolute atomic E-state index is 5.93.